The van der Waals surface area contributed by atoms with Crippen LogP contribution in [-0.2, 0) is 20.0 Å². The Kier molecular flexibility index (Phi) is 8.14. The van der Waals surface area contributed by atoms with Crippen LogP contribution in [0.25, 0.3) is 0 Å². The number of nitrogens with zero attached hydrogens (tertiary/aromatic N) is 1. The quantitative estimate of drug-likeness (QED) is 0.768. The van der Waals surface area contributed by atoms with Crippen molar-refractivity contribution in [2.75, 3.05) is 26.4 Å². The van der Waals surface area contributed by atoms with E-state index in [4.69, 9.17) is 14.2 Å². The van der Waals surface area contributed by atoms with E-state index in [-0.39, 0.29) is 31.3 Å². The van der Waals surface area contributed by atoms with Crippen molar-refractivity contribution >= 4 is 41.3 Å². The van der Waals surface area contributed by atoms with E-state index in [0.717, 1.165) is 0 Å². The van der Waals surface area contributed by atoms with E-state index in [1.165, 1.54) is 11.8 Å². The highest BCUT2D eigenvalue weighted by atomic mass is 35.5. The molecule has 0 bridgehead atoms. The van der Waals surface area contributed by atoms with Gasteiger partial charge in [0, 0.05) is 11.4 Å². The highest BCUT2D eigenvalue weighted by molar-refractivity contribution is 8.12. The summed E-state index contributed by atoms with van der Waals surface area (Å²) in [5.74, 6) is -0.518. The van der Waals surface area contributed by atoms with Gasteiger partial charge in [0.05, 0.1) is 25.3 Å². The third kappa shape index (κ3) is 4.67. The highest BCUT2D eigenvalue weighted by Gasteiger charge is 2.26. The zero-order chi connectivity index (χ0) is 16.8. The molecule has 0 fully saturated rings. The first-order valence-electron chi connectivity index (χ1n) is 7.44. The number of ether oxygens (including phenoxy) is 3. The molecule has 0 aromatic carbocycles. The number of esters is 2. The molecule has 7 nitrogen and oxygen atoms in total. The second kappa shape index (κ2) is 9.58. The molecular weight excluding hydrogens is 356 g/mol. The summed E-state index contributed by atoms with van der Waals surface area (Å²) in [4.78, 5) is 31.4. The van der Waals surface area contributed by atoms with Crippen LogP contribution in [0.2, 0.25) is 0 Å². The summed E-state index contributed by atoms with van der Waals surface area (Å²) in [5.41, 5.74) is 1.79. The molecule has 0 atom stereocenters. The summed E-state index contributed by atoms with van der Waals surface area (Å²) in [6.07, 6.45) is 0. The summed E-state index contributed by atoms with van der Waals surface area (Å²) < 4.78 is 15.4. The second-order valence-electron chi connectivity index (χ2n) is 4.70. The van der Waals surface area contributed by atoms with E-state index in [0.29, 0.717) is 41.0 Å². The summed E-state index contributed by atoms with van der Waals surface area (Å²) >= 11 is 1.37. The first-order valence-corrected chi connectivity index (χ1v) is 8.42. The average molecular weight is 377 g/mol. The number of aromatic nitrogens is 1. The molecular formula is C15H21ClN2O5S. The first kappa shape index (κ1) is 20.4. The number of carbonyl (C=O) groups is 2. The number of halogens is 1. The number of carbonyl (C=O) groups excluding carboxylic acids is 2. The Morgan fingerprint density at radius 2 is 1.92 bits per heavy atom. The Bertz CT molecular complexity index is 630. The zero-order valence-corrected chi connectivity index (χ0v) is 15.5. The molecule has 0 unspecified atom stereocenters. The molecule has 134 valence electrons. The van der Waals surface area contributed by atoms with Gasteiger partial charge >= 0.3 is 11.9 Å². The predicted molar refractivity (Wildman–Crippen MR) is 94.2 cm³/mol. The number of thioether (sulfide) groups is 1. The third-order valence-corrected chi connectivity index (χ3v) is 4.11. The molecule has 1 aliphatic heterocycles. The van der Waals surface area contributed by atoms with E-state index in [9.17, 15) is 9.59 Å². The maximum atomic E-state index is 12.2. The van der Waals surface area contributed by atoms with Gasteiger partial charge in [-0.3, -0.25) is 0 Å². The maximum Gasteiger partial charge on any atom is 0.355 e. The molecule has 0 saturated heterocycles. The minimum Gasteiger partial charge on any atom is -0.471 e. The largest absolute Gasteiger partial charge is 0.471 e. The monoisotopic (exact) mass is 376 g/mol. The van der Waals surface area contributed by atoms with Gasteiger partial charge in [0.15, 0.2) is 0 Å². The van der Waals surface area contributed by atoms with Gasteiger partial charge in [-0.2, -0.15) is 0 Å². The molecule has 9 heteroatoms. The summed E-state index contributed by atoms with van der Waals surface area (Å²) in [6.45, 7) is 6.92. The van der Waals surface area contributed by atoms with Crippen molar-refractivity contribution in [2.24, 2.45) is 4.99 Å². The van der Waals surface area contributed by atoms with Crippen molar-refractivity contribution in [1.29, 1.82) is 0 Å². The molecule has 0 spiro atoms. The smallest absolute Gasteiger partial charge is 0.355 e. The number of hydrogen-bond acceptors (Lipinski definition) is 7. The van der Waals surface area contributed by atoms with E-state index in [1.807, 2.05) is 0 Å². The van der Waals surface area contributed by atoms with Gasteiger partial charge < -0.3 is 19.2 Å². The van der Waals surface area contributed by atoms with Gasteiger partial charge in [-0.05, 0) is 26.3 Å². The fourth-order valence-electron chi connectivity index (χ4n) is 2.19. The van der Waals surface area contributed by atoms with Gasteiger partial charge in [0.25, 0.3) is 0 Å². The summed E-state index contributed by atoms with van der Waals surface area (Å²) in [5, 5.41) is 0.588. The van der Waals surface area contributed by atoms with Crippen molar-refractivity contribution in [3.8, 4) is 0 Å². The molecule has 1 aromatic heterocycles. The fourth-order valence-corrected chi connectivity index (χ4v) is 3.02. The van der Waals surface area contributed by atoms with E-state index >= 15 is 0 Å². The lowest BCUT2D eigenvalue weighted by atomic mass is 10.1. The van der Waals surface area contributed by atoms with Gasteiger partial charge in [0.2, 0.25) is 5.23 Å². The van der Waals surface area contributed by atoms with Gasteiger partial charge in [0.1, 0.15) is 12.3 Å². The molecule has 0 aliphatic carbocycles. The lowest BCUT2D eigenvalue weighted by Gasteiger charge is -2.05. The minimum atomic E-state index is -0.485. The van der Waals surface area contributed by atoms with Crippen LogP contribution in [0.3, 0.4) is 0 Å². The van der Waals surface area contributed by atoms with Crippen LogP contribution in [0.4, 0.5) is 0 Å². The predicted octanol–water partition coefficient (Wildman–Crippen LogP) is 2.72. The number of aromatic amines is 1. The van der Waals surface area contributed by atoms with Crippen LogP contribution in [0.5, 0.6) is 0 Å². The lowest BCUT2D eigenvalue weighted by Crippen LogP contribution is -2.09. The van der Waals surface area contributed by atoms with E-state index in [2.05, 4.69) is 9.98 Å². The van der Waals surface area contributed by atoms with Crippen LogP contribution >= 0.6 is 24.2 Å². The van der Waals surface area contributed by atoms with E-state index < -0.39 is 11.9 Å². The first-order chi connectivity index (χ1) is 11.1. The zero-order valence-electron chi connectivity index (χ0n) is 13.8. The Morgan fingerprint density at radius 1 is 1.25 bits per heavy atom. The molecule has 0 amide bonds. The molecule has 2 rings (SSSR count). The molecule has 1 aromatic rings. The van der Waals surface area contributed by atoms with E-state index in [1.54, 1.807) is 20.8 Å². The number of rotatable bonds is 6. The Labute approximate surface area is 150 Å². The number of H-pyrrole nitrogens is 1. The van der Waals surface area contributed by atoms with Crippen molar-refractivity contribution in [1.82, 2.24) is 4.98 Å². The summed E-state index contributed by atoms with van der Waals surface area (Å²) in [6, 6.07) is 0. The van der Waals surface area contributed by atoms with Gasteiger partial charge in [-0.1, -0.05) is 11.8 Å². The fraction of sp³-hybridized carbons (Fsp3) is 0.533. The van der Waals surface area contributed by atoms with Crippen molar-refractivity contribution in [2.45, 2.75) is 26.5 Å². The Hall–Kier alpha value is -1.67. The number of nitrogens with one attached hydrogen (secondary N) is 1. The van der Waals surface area contributed by atoms with Crippen LogP contribution in [0, 0.1) is 6.92 Å². The number of hydrogen-bond donors (Lipinski definition) is 1. The topological polar surface area (TPSA) is 90.0 Å². The maximum absolute atomic E-state index is 12.2. The highest BCUT2D eigenvalue weighted by Crippen LogP contribution is 2.25. The number of aliphatic imine (C=N–C) groups is 1. The van der Waals surface area contributed by atoms with Crippen LogP contribution in [-0.4, -0.2) is 48.5 Å². The second-order valence-corrected chi connectivity index (χ2v) is 5.63. The molecule has 0 saturated carbocycles. The van der Waals surface area contributed by atoms with Crippen molar-refractivity contribution in [3.05, 3.63) is 22.5 Å². The van der Waals surface area contributed by atoms with Gasteiger partial charge in [-0.15, -0.1) is 12.4 Å². The Morgan fingerprint density at radius 3 is 2.50 bits per heavy atom. The standard InChI is InChI=1S/C15H20N2O5S.ClH/c1-4-20-13(18)11-9(3)12(14(19)21-5-2)17-10(11)8-23-15-16-6-7-22-15;/h17H,4-8H2,1-3H3;1H. The lowest BCUT2D eigenvalue weighted by molar-refractivity contribution is 0.0518. The molecule has 1 N–H and O–H groups in total. The molecule has 0 radical (unpaired) electrons. The third-order valence-electron chi connectivity index (χ3n) is 3.18. The Balaban J connectivity index is 0.00000288. The average Bonchev–Trinajstić information content (AvgIpc) is 3.13. The molecule has 24 heavy (non-hydrogen) atoms. The van der Waals surface area contributed by atoms with Crippen molar-refractivity contribution < 1.29 is 23.8 Å². The normalized spacial score (nSPS) is 12.9. The molecule has 2 heterocycles. The SMILES string of the molecule is CCOC(=O)c1[nH]c(CSC2=NCCO2)c(C(=O)OCC)c1C.Cl. The van der Waals surface area contributed by atoms with Gasteiger partial charge in [-0.25, -0.2) is 14.6 Å². The molecule has 1 aliphatic rings. The summed E-state index contributed by atoms with van der Waals surface area (Å²) in [7, 11) is 0. The minimum absolute atomic E-state index is 0. The van der Waals surface area contributed by atoms with Crippen molar-refractivity contribution in [3.63, 3.8) is 0 Å². The van der Waals surface area contributed by atoms with Crippen LogP contribution in [0.15, 0.2) is 4.99 Å². The van der Waals surface area contributed by atoms with Crippen LogP contribution in [0.1, 0.15) is 46.0 Å². The van der Waals surface area contributed by atoms with Crippen LogP contribution < -0.4 is 0 Å².